The zero-order valence-corrected chi connectivity index (χ0v) is 13.0. The van der Waals surface area contributed by atoms with Crippen LogP contribution in [0.25, 0.3) is 0 Å². The van der Waals surface area contributed by atoms with Crippen molar-refractivity contribution in [3.8, 4) is 0 Å². The zero-order chi connectivity index (χ0) is 15.2. The van der Waals surface area contributed by atoms with Crippen molar-refractivity contribution in [2.24, 2.45) is 5.41 Å². The predicted octanol–water partition coefficient (Wildman–Crippen LogP) is 1.87. The van der Waals surface area contributed by atoms with Crippen molar-refractivity contribution in [3.63, 3.8) is 0 Å². The average Bonchev–Trinajstić information content (AvgIpc) is 2.78. The Morgan fingerprint density at radius 3 is 2.60 bits per heavy atom. The molecule has 0 aliphatic heterocycles. The SMILES string of the molecule is CCc1noc(CC)c1CC(=O)NCC(C)(C)CCO. The largest absolute Gasteiger partial charge is 0.396 e. The van der Waals surface area contributed by atoms with E-state index in [1.54, 1.807) is 0 Å². The maximum Gasteiger partial charge on any atom is 0.224 e. The van der Waals surface area contributed by atoms with Gasteiger partial charge in [-0.1, -0.05) is 32.9 Å². The van der Waals surface area contributed by atoms with E-state index >= 15 is 0 Å². The van der Waals surface area contributed by atoms with E-state index in [-0.39, 0.29) is 17.9 Å². The van der Waals surface area contributed by atoms with Gasteiger partial charge >= 0.3 is 0 Å². The van der Waals surface area contributed by atoms with Crippen molar-refractivity contribution in [3.05, 3.63) is 17.0 Å². The molecule has 0 radical (unpaired) electrons. The molecule has 1 rings (SSSR count). The summed E-state index contributed by atoms with van der Waals surface area (Å²) in [6.07, 6.45) is 2.49. The first-order chi connectivity index (χ1) is 9.43. The molecule has 1 amide bonds. The predicted molar refractivity (Wildman–Crippen MR) is 77.5 cm³/mol. The molecule has 0 aromatic carbocycles. The molecule has 0 fully saturated rings. The van der Waals surface area contributed by atoms with Crippen LogP contribution in [0.2, 0.25) is 0 Å². The molecule has 0 atom stereocenters. The molecule has 0 spiro atoms. The third-order valence-corrected chi connectivity index (χ3v) is 3.50. The monoisotopic (exact) mass is 282 g/mol. The molecule has 2 N–H and O–H groups in total. The topological polar surface area (TPSA) is 75.4 Å². The molecule has 5 nitrogen and oxygen atoms in total. The van der Waals surface area contributed by atoms with Gasteiger partial charge in [0.15, 0.2) is 0 Å². The van der Waals surface area contributed by atoms with Crippen molar-refractivity contribution in [1.82, 2.24) is 10.5 Å². The number of aliphatic hydroxyl groups excluding tert-OH is 1. The van der Waals surface area contributed by atoms with Crippen LogP contribution in [0.3, 0.4) is 0 Å². The molecule has 0 unspecified atom stereocenters. The Morgan fingerprint density at radius 2 is 2.05 bits per heavy atom. The number of carbonyl (C=O) groups excluding carboxylic acids is 1. The molecule has 20 heavy (non-hydrogen) atoms. The van der Waals surface area contributed by atoms with Gasteiger partial charge in [-0.25, -0.2) is 0 Å². The third-order valence-electron chi connectivity index (χ3n) is 3.50. The van der Waals surface area contributed by atoms with Crippen LogP contribution in [0.4, 0.5) is 0 Å². The summed E-state index contributed by atoms with van der Waals surface area (Å²) in [7, 11) is 0. The smallest absolute Gasteiger partial charge is 0.224 e. The van der Waals surface area contributed by atoms with Gasteiger partial charge in [-0.05, 0) is 18.3 Å². The van der Waals surface area contributed by atoms with Gasteiger partial charge in [-0.15, -0.1) is 0 Å². The molecule has 0 bridgehead atoms. The Hall–Kier alpha value is -1.36. The molecular weight excluding hydrogens is 256 g/mol. The van der Waals surface area contributed by atoms with E-state index in [4.69, 9.17) is 9.63 Å². The highest BCUT2D eigenvalue weighted by atomic mass is 16.5. The van der Waals surface area contributed by atoms with Crippen LogP contribution in [0.1, 0.15) is 51.1 Å². The Morgan fingerprint density at radius 1 is 1.35 bits per heavy atom. The van der Waals surface area contributed by atoms with Gasteiger partial charge in [-0.3, -0.25) is 4.79 Å². The molecule has 0 saturated heterocycles. The number of carbonyl (C=O) groups is 1. The maximum absolute atomic E-state index is 12.1. The van der Waals surface area contributed by atoms with Crippen molar-refractivity contribution in [2.45, 2.75) is 53.4 Å². The summed E-state index contributed by atoms with van der Waals surface area (Å²) >= 11 is 0. The Labute approximate surface area is 120 Å². The molecule has 1 aromatic rings. The van der Waals surface area contributed by atoms with Gasteiger partial charge in [0.25, 0.3) is 0 Å². The van der Waals surface area contributed by atoms with Gasteiger partial charge in [-0.2, -0.15) is 0 Å². The number of nitrogens with one attached hydrogen (secondary N) is 1. The summed E-state index contributed by atoms with van der Waals surface area (Å²) in [6, 6.07) is 0. The lowest BCUT2D eigenvalue weighted by Crippen LogP contribution is -2.35. The molecular formula is C15H26N2O3. The standard InChI is InChI=1S/C15H26N2O3/c1-5-12-11(13(6-2)20-17-12)9-14(19)16-10-15(3,4)7-8-18/h18H,5-10H2,1-4H3,(H,16,19). The highest BCUT2D eigenvalue weighted by molar-refractivity contribution is 5.79. The lowest BCUT2D eigenvalue weighted by atomic mass is 9.89. The van der Waals surface area contributed by atoms with Crippen molar-refractivity contribution >= 4 is 5.91 Å². The fourth-order valence-electron chi connectivity index (χ4n) is 2.09. The first kappa shape index (κ1) is 16.7. The molecule has 1 heterocycles. The van der Waals surface area contributed by atoms with Crippen molar-refractivity contribution < 1.29 is 14.4 Å². The van der Waals surface area contributed by atoms with Crippen LogP contribution in [0.5, 0.6) is 0 Å². The second-order valence-corrected chi connectivity index (χ2v) is 5.83. The number of rotatable bonds is 8. The van der Waals surface area contributed by atoms with Gasteiger partial charge in [0.1, 0.15) is 5.76 Å². The lowest BCUT2D eigenvalue weighted by Gasteiger charge is -2.23. The second kappa shape index (κ2) is 7.43. The fourth-order valence-corrected chi connectivity index (χ4v) is 2.09. The van der Waals surface area contributed by atoms with E-state index in [2.05, 4.69) is 10.5 Å². The summed E-state index contributed by atoms with van der Waals surface area (Å²) in [5.74, 6) is 0.773. The summed E-state index contributed by atoms with van der Waals surface area (Å²) in [4.78, 5) is 12.1. The van der Waals surface area contributed by atoms with Gasteiger partial charge in [0.05, 0.1) is 12.1 Å². The Kier molecular flexibility index (Phi) is 6.20. The van der Waals surface area contributed by atoms with Gasteiger partial charge in [0, 0.05) is 25.1 Å². The van der Waals surface area contributed by atoms with Gasteiger partial charge in [0.2, 0.25) is 5.91 Å². The van der Waals surface area contributed by atoms with Crippen LogP contribution < -0.4 is 5.32 Å². The molecule has 0 aliphatic rings. The molecule has 1 aromatic heterocycles. The van der Waals surface area contributed by atoms with Crippen LogP contribution in [-0.4, -0.2) is 29.3 Å². The van der Waals surface area contributed by atoms with Gasteiger partial charge < -0.3 is 14.9 Å². The number of nitrogens with zero attached hydrogens (tertiary/aromatic N) is 1. The van der Waals surface area contributed by atoms with E-state index in [0.29, 0.717) is 19.4 Å². The number of aryl methyl sites for hydroxylation is 2. The minimum absolute atomic E-state index is 0.0244. The Bertz CT molecular complexity index is 417. The average molecular weight is 282 g/mol. The summed E-state index contributed by atoms with van der Waals surface area (Å²) in [6.45, 7) is 8.74. The van der Waals surface area contributed by atoms with Crippen LogP contribution in [0.15, 0.2) is 4.52 Å². The fraction of sp³-hybridized carbons (Fsp3) is 0.733. The third kappa shape index (κ3) is 4.63. The van der Waals surface area contributed by atoms with E-state index in [9.17, 15) is 4.79 Å². The molecule has 114 valence electrons. The minimum Gasteiger partial charge on any atom is -0.396 e. The molecule has 0 saturated carbocycles. The van der Waals surface area contributed by atoms with Crippen LogP contribution in [0, 0.1) is 5.41 Å². The maximum atomic E-state index is 12.1. The van der Waals surface area contributed by atoms with Crippen LogP contribution in [-0.2, 0) is 24.1 Å². The van der Waals surface area contributed by atoms with E-state index in [1.165, 1.54) is 0 Å². The minimum atomic E-state index is -0.0970. The first-order valence-corrected chi connectivity index (χ1v) is 7.27. The summed E-state index contributed by atoms with van der Waals surface area (Å²) < 4.78 is 5.26. The summed E-state index contributed by atoms with van der Waals surface area (Å²) in [5, 5.41) is 15.9. The summed E-state index contributed by atoms with van der Waals surface area (Å²) in [5.41, 5.74) is 1.69. The zero-order valence-electron chi connectivity index (χ0n) is 13.0. The van der Waals surface area contributed by atoms with Crippen molar-refractivity contribution in [2.75, 3.05) is 13.2 Å². The number of aliphatic hydroxyl groups is 1. The number of aromatic nitrogens is 1. The molecule has 5 heteroatoms. The highest BCUT2D eigenvalue weighted by Crippen LogP contribution is 2.19. The second-order valence-electron chi connectivity index (χ2n) is 5.83. The highest BCUT2D eigenvalue weighted by Gasteiger charge is 2.20. The molecule has 0 aliphatic carbocycles. The lowest BCUT2D eigenvalue weighted by molar-refractivity contribution is -0.121. The quantitative estimate of drug-likeness (QED) is 0.763. The number of hydrogen-bond acceptors (Lipinski definition) is 4. The van der Waals surface area contributed by atoms with E-state index in [1.807, 2.05) is 27.7 Å². The van der Waals surface area contributed by atoms with E-state index < -0.39 is 0 Å². The van der Waals surface area contributed by atoms with Crippen molar-refractivity contribution in [1.29, 1.82) is 0 Å². The first-order valence-electron chi connectivity index (χ1n) is 7.27. The number of hydrogen-bond donors (Lipinski definition) is 2. The van der Waals surface area contributed by atoms with Crippen LogP contribution >= 0.6 is 0 Å². The van der Waals surface area contributed by atoms with E-state index in [0.717, 1.165) is 29.9 Å². The Balaban J connectivity index is 2.60. The normalized spacial score (nSPS) is 11.7. The number of amides is 1.